The summed E-state index contributed by atoms with van der Waals surface area (Å²) < 4.78 is 26.9. The molecular weight excluding hydrogens is 308 g/mol. The summed E-state index contributed by atoms with van der Waals surface area (Å²) in [6.45, 7) is 2.58. The molecule has 8 heteroatoms. The molecule has 2 rings (SSSR count). The van der Waals surface area contributed by atoms with Gasteiger partial charge in [-0.25, -0.2) is 18.4 Å². The highest BCUT2D eigenvalue weighted by molar-refractivity contribution is 7.98. The van der Waals surface area contributed by atoms with Gasteiger partial charge in [-0.15, -0.1) is 11.8 Å². The molecule has 6 nitrogen and oxygen atoms in total. The molecule has 0 saturated heterocycles. The Bertz CT molecular complexity index is 685. The first-order chi connectivity index (χ1) is 10.0. The van der Waals surface area contributed by atoms with E-state index in [1.54, 1.807) is 23.9 Å². The van der Waals surface area contributed by atoms with E-state index in [-0.39, 0.29) is 4.90 Å². The van der Waals surface area contributed by atoms with Gasteiger partial charge in [0, 0.05) is 17.1 Å². The van der Waals surface area contributed by atoms with Crippen LogP contribution in [0.1, 0.15) is 6.92 Å². The van der Waals surface area contributed by atoms with Crippen molar-refractivity contribution < 1.29 is 8.42 Å². The lowest BCUT2D eigenvalue weighted by atomic mass is 10.3. The minimum absolute atomic E-state index is 0.0260. The number of anilines is 2. The Kier molecular flexibility index (Phi) is 5.03. The summed E-state index contributed by atoms with van der Waals surface area (Å²) in [6.07, 6.45) is 4.52. The molecule has 112 valence electrons. The van der Waals surface area contributed by atoms with Crippen molar-refractivity contribution in [3.8, 4) is 0 Å². The number of aromatic nitrogens is 2. The Morgan fingerprint density at radius 3 is 2.29 bits per heavy atom. The van der Waals surface area contributed by atoms with Crippen LogP contribution in [0.25, 0.3) is 0 Å². The smallest absolute Gasteiger partial charge is 0.264 e. The molecule has 0 spiro atoms. The van der Waals surface area contributed by atoms with Crippen molar-refractivity contribution in [3.63, 3.8) is 0 Å². The Morgan fingerprint density at radius 2 is 1.76 bits per heavy atom. The van der Waals surface area contributed by atoms with Gasteiger partial charge in [-0.3, -0.25) is 4.72 Å². The maximum atomic E-state index is 12.2. The van der Waals surface area contributed by atoms with Gasteiger partial charge in [-0.05, 0) is 37.4 Å². The van der Waals surface area contributed by atoms with Gasteiger partial charge in [0.1, 0.15) is 4.90 Å². The van der Waals surface area contributed by atoms with E-state index >= 15 is 0 Å². The topological polar surface area (TPSA) is 84.0 Å². The first-order valence-corrected chi connectivity index (χ1v) is 8.98. The second kappa shape index (κ2) is 6.77. The third kappa shape index (κ3) is 4.08. The SMILES string of the molecule is CCNc1ncc(S(=O)(=O)Nc2ccc(SC)cc2)cn1. The van der Waals surface area contributed by atoms with Gasteiger partial charge < -0.3 is 5.32 Å². The Labute approximate surface area is 128 Å². The molecule has 0 bridgehead atoms. The fourth-order valence-corrected chi connectivity index (χ4v) is 2.93. The molecule has 0 saturated carbocycles. The van der Waals surface area contributed by atoms with E-state index in [0.717, 1.165) is 4.90 Å². The first-order valence-electron chi connectivity index (χ1n) is 6.28. The number of thioether (sulfide) groups is 1. The van der Waals surface area contributed by atoms with Crippen LogP contribution in [0, 0.1) is 0 Å². The van der Waals surface area contributed by atoms with Crippen molar-refractivity contribution in [2.24, 2.45) is 0 Å². The molecule has 21 heavy (non-hydrogen) atoms. The van der Waals surface area contributed by atoms with E-state index in [1.807, 2.05) is 25.3 Å². The summed E-state index contributed by atoms with van der Waals surface area (Å²) >= 11 is 1.59. The predicted octanol–water partition coefficient (Wildman–Crippen LogP) is 2.43. The van der Waals surface area contributed by atoms with Crippen molar-refractivity contribution in [2.45, 2.75) is 16.7 Å². The fraction of sp³-hybridized carbons (Fsp3) is 0.231. The van der Waals surface area contributed by atoms with Crippen molar-refractivity contribution in [1.29, 1.82) is 0 Å². The summed E-state index contributed by atoms with van der Waals surface area (Å²) in [5.41, 5.74) is 0.503. The highest BCUT2D eigenvalue weighted by atomic mass is 32.2. The Hall–Kier alpha value is -1.80. The predicted molar refractivity (Wildman–Crippen MR) is 85.2 cm³/mol. The number of benzene rings is 1. The first kappa shape index (κ1) is 15.6. The van der Waals surface area contributed by atoms with E-state index in [0.29, 0.717) is 18.2 Å². The summed E-state index contributed by atoms with van der Waals surface area (Å²) in [6, 6.07) is 7.15. The van der Waals surface area contributed by atoms with Gasteiger partial charge in [0.25, 0.3) is 10.0 Å². The second-order valence-electron chi connectivity index (χ2n) is 4.11. The molecule has 1 aromatic heterocycles. The van der Waals surface area contributed by atoms with Crippen LogP contribution in [0.5, 0.6) is 0 Å². The molecule has 0 atom stereocenters. The van der Waals surface area contributed by atoms with E-state index in [2.05, 4.69) is 20.0 Å². The molecule has 2 N–H and O–H groups in total. The Morgan fingerprint density at radius 1 is 1.14 bits per heavy atom. The van der Waals surface area contributed by atoms with E-state index in [1.165, 1.54) is 12.4 Å². The van der Waals surface area contributed by atoms with Crippen LogP contribution in [-0.4, -0.2) is 31.2 Å². The maximum Gasteiger partial charge on any atom is 0.264 e. The van der Waals surface area contributed by atoms with Gasteiger partial charge in [-0.1, -0.05) is 0 Å². The molecule has 2 aromatic rings. The summed E-state index contributed by atoms with van der Waals surface area (Å²) in [5.74, 6) is 0.403. The average molecular weight is 324 g/mol. The molecule has 0 unspecified atom stereocenters. The van der Waals surface area contributed by atoms with Crippen molar-refractivity contribution >= 4 is 33.4 Å². The molecule has 0 aliphatic rings. The number of sulfonamides is 1. The molecule has 1 heterocycles. The van der Waals surface area contributed by atoms with Gasteiger partial charge >= 0.3 is 0 Å². The summed E-state index contributed by atoms with van der Waals surface area (Å²) in [4.78, 5) is 9.01. The zero-order valence-electron chi connectivity index (χ0n) is 11.7. The van der Waals surface area contributed by atoms with Crippen LogP contribution in [0.3, 0.4) is 0 Å². The van der Waals surface area contributed by atoms with Crippen LogP contribution in [0.4, 0.5) is 11.6 Å². The third-order valence-corrected chi connectivity index (χ3v) is 4.69. The van der Waals surface area contributed by atoms with E-state index in [9.17, 15) is 8.42 Å². The molecule has 0 radical (unpaired) electrons. The molecule has 0 aliphatic heterocycles. The van der Waals surface area contributed by atoms with Crippen LogP contribution in [0.2, 0.25) is 0 Å². The zero-order valence-corrected chi connectivity index (χ0v) is 13.3. The van der Waals surface area contributed by atoms with Gasteiger partial charge in [0.15, 0.2) is 0 Å². The summed E-state index contributed by atoms with van der Waals surface area (Å²) in [5, 5.41) is 2.91. The normalized spacial score (nSPS) is 11.1. The molecule has 1 aromatic carbocycles. The lowest BCUT2D eigenvalue weighted by Crippen LogP contribution is -2.14. The number of nitrogens with zero attached hydrogens (tertiary/aromatic N) is 2. The number of hydrogen-bond donors (Lipinski definition) is 2. The largest absolute Gasteiger partial charge is 0.355 e. The van der Waals surface area contributed by atoms with Gasteiger partial charge in [0.05, 0.1) is 12.4 Å². The van der Waals surface area contributed by atoms with Gasteiger partial charge in [-0.2, -0.15) is 0 Å². The summed E-state index contributed by atoms with van der Waals surface area (Å²) in [7, 11) is -3.67. The van der Waals surface area contributed by atoms with E-state index < -0.39 is 10.0 Å². The molecule has 0 fully saturated rings. The van der Waals surface area contributed by atoms with Crippen LogP contribution >= 0.6 is 11.8 Å². The molecule has 0 aliphatic carbocycles. The van der Waals surface area contributed by atoms with E-state index in [4.69, 9.17) is 0 Å². The lowest BCUT2D eigenvalue weighted by molar-refractivity contribution is 0.600. The number of rotatable bonds is 6. The minimum atomic E-state index is -3.67. The van der Waals surface area contributed by atoms with Crippen molar-refractivity contribution in [3.05, 3.63) is 36.7 Å². The third-order valence-electron chi connectivity index (χ3n) is 2.62. The lowest BCUT2D eigenvalue weighted by Gasteiger charge is -2.08. The van der Waals surface area contributed by atoms with Crippen molar-refractivity contribution in [1.82, 2.24) is 9.97 Å². The standard InChI is InChI=1S/C13H16N4O2S2/c1-3-14-13-15-8-12(9-16-13)21(18,19)17-10-4-6-11(20-2)7-5-10/h4-9,17H,3H2,1-2H3,(H,14,15,16). The molecular formula is C13H16N4O2S2. The number of hydrogen-bond acceptors (Lipinski definition) is 6. The second-order valence-corrected chi connectivity index (χ2v) is 6.67. The zero-order chi connectivity index (χ0) is 15.3. The van der Waals surface area contributed by atoms with Crippen LogP contribution in [-0.2, 0) is 10.0 Å². The highest BCUT2D eigenvalue weighted by Gasteiger charge is 2.15. The quantitative estimate of drug-likeness (QED) is 0.794. The Balaban J connectivity index is 2.16. The van der Waals surface area contributed by atoms with Crippen LogP contribution in [0.15, 0.2) is 46.5 Å². The average Bonchev–Trinajstić information content (AvgIpc) is 2.48. The number of nitrogens with one attached hydrogen (secondary N) is 2. The minimum Gasteiger partial charge on any atom is -0.355 e. The monoisotopic (exact) mass is 324 g/mol. The highest BCUT2D eigenvalue weighted by Crippen LogP contribution is 2.20. The van der Waals surface area contributed by atoms with Crippen LogP contribution < -0.4 is 10.0 Å². The maximum absolute atomic E-state index is 12.2. The van der Waals surface area contributed by atoms with Gasteiger partial charge in [0.2, 0.25) is 5.95 Å². The van der Waals surface area contributed by atoms with Crippen molar-refractivity contribution in [2.75, 3.05) is 22.8 Å². The molecule has 0 amide bonds. The fourth-order valence-electron chi connectivity index (χ4n) is 1.58.